The van der Waals surface area contributed by atoms with Crippen LogP contribution in [0.3, 0.4) is 0 Å². The van der Waals surface area contributed by atoms with Crippen molar-refractivity contribution in [2.75, 3.05) is 21.3 Å². The highest BCUT2D eigenvalue weighted by molar-refractivity contribution is 7.86. The number of hydrogen-bond acceptors (Lipinski definition) is 10. The number of benzene rings is 5. The summed E-state index contributed by atoms with van der Waals surface area (Å²) < 4.78 is 66.3. The summed E-state index contributed by atoms with van der Waals surface area (Å²) in [4.78, 5) is 25.1. The van der Waals surface area contributed by atoms with E-state index < -0.39 is 20.2 Å². The molecule has 0 bridgehead atoms. The first-order valence-electron chi connectivity index (χ1n) is 18.8. The summed E-state index contributed by atoms with van der Waals surface area (Å²) in [6.45, 7) is 3.64. The molecule has 0 radical (unpaired) electrons. The maximum Gasteiger partial charge on any atom is 0.255 e. The van der Waals surface area contributed by atoms with Crippen LogP contribution in [-0.4, -0.2) is 37.8 Å². The zero-order chi connectivity index (χ0) is 44.9. The van der Waals surface area contributed by atoms with Gasteiger partial charge < -0.3 is 30.4 Å². The second-order valence-corrected chi connectivity index (χ2v) is 16.7. The molecule has 0 aliphatic carbocycles. The summed E-state index contributed by atoms with van der Waals surface area (Å²) in [7, 11) is -4.61. The number of anilines is 6. The number of carbonyl (C=O) groups excluding carboxylic acids is 2. The van der Waals surface area contributed by atoms with Crippen molar-refractivity contribution in [2.24, 2.45) is 14.1 Å². The van der Waals surface area contributed by atoms with Crippen LogP contribution in [0, 0.1) is 13.8 Å². The lowest BCUT2D eigenvalue weighted by Crippen LogP contribution is -2.25. The summed E-state index contributed by atoms with van der Waals surface area (Å²) in [5.74, 6) is -0.503. The minimum atomic E-state index is -4.27. The fourth-order valence-electron chi connectivity index (χ4n) is 5.37. The number of nitrogens with zero attached hydrogens (tertiary/aromatic N) is 2. The molecule has 0 saturated heterocycles. The van der Waals surface area contributed by atoms with E-state index in [4.69, 9.17) is 0 Å². The van der Waals surface area contributed by atoms with Crippen LogP contribution in [0.1, 0.15) is 31.8 Å². The van der Waals surface area contributed by atoms with Gasteiger partial charge >= 0.3 is 0 Å². The molecule has 4 N–H and O–H groups in total. The van der Waals surface area contributed by atoms with E-state index >= 15 is 0 Å². The molecule has 0 saturated carbocycles. The molecule has 7 rings (SSSR count). The Morgan fingerprint density at radius 2 is 0.661 bits per heavy atom. The molecule has 5 aromatic carbocycles. The van der Waals surface area contributed by atoms with E-state index in [0.717, 1.165) is 33.9 Å². The third-order valence-electron chi connectivity index (χ3n) is 8.85. The highest BCUT2D eigenvalue weighted by Gasteiger charge is 2.11. The van der Waals surface area contributed by atoms with Gasteiger partial charge in [-0.25, -0.2) is 26.0 Å². The van der Waals surface area contributed by atoms with Crippen molar-refractivity contribution in [1.29, 1.82) is 0 Å². The summed E-state index contributed by atoms with van der Waals surface area (Å²) in [5.41, 5.74) is 7.91. The van der Waals surface area contributed by atoms with Gasteiger partial charge in [0.25, 0.3) is 11.8 Å². The van der Waals surface area contributed by atoms with Crippen LogP contribution in [0.15, 0.2) is 180 Å². The Morgan fingerprint density at radius 1 is 0.403 bits per heavy atom. The molecule has 16 heteroatoms. The molecule has 0 atom stereocenters. The molecule has 2 heterocycles. The van der Waals surface area contributed by atoms with Crippen molar-refractivity contribution in [3.05, 3.63) is 193 Å². The average Bonchev–Trinajstić information content (AvgIpc) is 3.24. The number of carbonyl (C=O) groups is 2. The first-order chi connectivity index (χ1) is 29.4. The zero-order valence-electron chi connectivity index (χ0n) is 34.1. The number of amides is 2. The second kappa shape index (κ2) is 20.8. The number of nitrogens with one attached hydrogen (secondary N) is 4. The maximum absolute atomic E-state index is 12.7. The van der Waals surface area contributed by atoms with Crippen LogP contribution in [0.25, 0.3) is 0 Å². The summed E-state index contributed by atoms with van der Waals surface area (Å²) in [6, 6.07) is 41.0. The predicted molar refractivity (Wildman–Crippen MR) is 235 cm³/mol. The van der Waals surface area contributed by atoms with Crippen LogP contribution < -0.4 is 30.4 Å². The van der Waals surface area contributed by atoms with Crippen LogP contribution >= 0.6 is 0 Å². The van der Waals surface area contributed by atoms with Gasteiger partial charge in [-0.3, -0.25) is 9.59 Å². The van der Waals surface area contributed by atoms with Gasteiger partial charge in [-0.2, -0.15) is 0 Å². The Hall–Kier alpha value is -7.24. The van der Waals surface area contributed by atoms with Gasteiger partial charge in [0.1, 0.15) is 34.3 Å². The number of aryl methyl sites for hydroxylation is 4. The molecular formula is C46H44N6O8S2. The molecule has 0 aliphatic rings. The highest BCUT2D eigenvalue weighted by Crippen LogP contribution is 2.21. The maximum atomic E-state index is 12.7. The van der Waals surface area contributed by atoms with E-state index in [2.05, 4.69) is 21.3 Å². The van der Waals surface area contributed by atoms with E-state index in [9.17, 15) is 35.5 Å². The van der Waals surface area contributed by atoms with Crippen molar-refractivity contribution in [2.45, 2.75) is 23.6 Å². The van der Waals surface area contributed by atoms with Gasteiger partial charge in [0.15, 0.2) is 24.8 Å². The largest absolute Gasteiger partial charge is 0.744 e. The normalized spacial score (nSPS) is 10.8. The van der Waals surface area contributed by atoms with Gasteiger partial charge in [0.05, 0.1) is 21.2 Å². The van der Waals surface area contributed by atoms with Gasteiger partial charge in [0.2, 0.25) is 0 Å². The second-order valence-electron chi connectivity index (χ2n) is 13.9. The molecule has 2 amide bonds. The Kier molecular flexibility index (Phi) is 15.4. The number of aromatic nitrogens is 2. The standard InChI is InChI=1S/C32H28N6O2.2C7H8O3S/c1-37-19-15-29(16-20-37)33-25-7-11-27(12-8-25)35-31(39)23-3-5-24(6-4-23)32(40)36-28-13-9-26(10-14-28)34-30-17-21-38(2)22-18-30;2*1-6-2-4-7(5-3-6)11(8,9)10/h3-22H,1-2H3,(H2,35,36,39,40);2*2-5H,1H3,(H,8,9,10). The minimum absolute atomic E-state index is 0.178. The molecule has 318 valence electrons. The van der Waals surface area contributed by atoms with E-state index in [-0.39, 0.29) is 21.6 Å². The number of pyridine rings is 2. The summed E-state index contributed by atoms with van der Waals surface area (Å²) >= 11 is 0. The van der Waals surface area contributed by atoms with Crippen LogP contribution in [0.4, 0.5) is 34.1 Å². The lowest BCUT2D eigenvalue weighted by molar-refractivity contribution is -0.671. The Balaban J connectivity index is 0.000000267. The molecule has 62 heavy (non-hydrogen) atoms. The van der Waals surface area contributed by atoms with Crippen molar-refractivity contribution < 1.29 is 44.7 Å². The molecule has 0 fully saturated rings. The Morgan fingerprint density at radius 3 is 0.935 bits per heavy atom. The Labute approximate surface area is 361 Å². The summed E-state index contributed by atoms with van der Waals surface area (Å²) in [6.07, 6.45) is 7.86. The number of rotatable bonds is 10. The molecule has 7 aromatic rings. The Bertz CT molecular complexity index is 2610. The highest BCUT2D eigenvalue weighted by atomic mass is 32.2. The van der Waals surface area contributed by atoms with Crippen LogP contribution in [0.2, 0.25) is 0 Å². The topological polar surface area (TPSA) is 204 Å². The van der Waals surface area contributed by atoms with E-state index in [1.54, 1.807) is 48.5 Å². The summed E-state index contributed by atoms with van der Waals surface area (Å²) in [5, 5.41) is 12.4. The van der Waals surface area contributed by atoms with Gasteiger partial charge in [-0.15, -0.1) is 0 Å². The fourth-order valence-corrected chi connectivity index (χ4v) is 6.30. The minimum Gasteiger partial charge on any atom is -0.744 e. The fraction of sp³-hybridized carbons (Fsp3) is 0.0870. The van der Waals surface area contributed by atoms with E-state index in [1.165, 1.54) is 24.3 Å². The molecular weight excluding hydrogens is 829 g/mol. The first-order valence-corrected chi connectivity index (χ1v) is 21.7. The van der Waals surface area contributed by atoms with E-state index in [0.29, 0.717) is 22.5 Å². The first kappa shape index (κ1) is 45.8. The SMILES string of the molecule is C[n+]1ccc(Nc2ccc(NC(=O)c3ccc(C(=O)Nc4ccc(Nc5cc[n+](C)cc5)cc4)cc3)cc2)cc1.Cc1ccc(S(=O)(=O)[O-])cc1.Cc1ccc(S(=O)(=O)[O-])cc1. The van der Waals surface area contributed by atoms with Crippen molar-refractivity contribution in [1.82, 2.24) is 0 Å². The van der Waals surface area contributed by atoms with Crippen molar-refractivity contribution in [3.8, 4) is 0 Å². The quantitative estimate of drug-likeness (QED) is 0.0809. The monoisotopic (exact) mass is 872 g/mol. The zero-order valence-corrected chi connectivity index (χ0v) is 35.8. The molecule has 0 aliphatic heterocycles. The van der Waals surface area contributed by atoms with Gasteiger partial charge in [0, 0.05) is 58.1 Å². The molecule has 2 aromatic heterocycles. The molecule has 0 unspecified atom stereocenters. The average molecular weight is 873 g/mol. The molecule has 0 spiro atoms. The van der Waals surface area contributed by atoms with E-state index in [1.807, 2.05) is 135 Å². The molecule has 14 nitrogen and oxygen atoms in total. The lowest BCUT2D eigenvalue weighted by atomic mass is 10.1. The van der Waals surface area contributed by atoms with Gasteiger partial charge in [-0.1, -0.05) is 35.4 Å². The third-order valence-corrected chi connectivity index (χ3v) is 10.5. The smallest absolute Gasteiger partial charge is 0.255 e. The lowest BCUT2D eigenvalue weighted by Gasteiger charge is -2.10. The van der Waals surface area contributed by atoms with Crippen molar-refractivity contribution >= 4 is 66.2 Å². The van der Waals surface area contributed by atoms with Crippen molar-refractivity contribution in [3.63, 3.8) is 0 Å². The number of hydrogen-bond donors (Lipinski definition) is 4. The van der Waals surface area contributed by atoms with Crippen LogP contribution in [-0.2, 0) is 34.3 Å². The van der Waals surface area contributed by atoms with Crippen LogP contribution in [0.5, 0.6) is 0 Å². The van der Waals surface area contributed by atoms with Gasteiger partial charge in [-0.05, 0) is 111 Å². The predicted octanol–water partition coefficient (Wildman–Crippen LogP) is 7.13. The third kappa shape index (κ3) is 14.5.